The number of Topliss-reactive ketones (excluding diaryl/α,β-unsaturated/α-hetero) is 1. The van der Waals surface area contributed by atoms with Crippen molar-refractivity contribution in [1.29, 1.82) is 0 Å². The van der Waals surface area contributed by atoms with Crippen molar-refractivity contribution in [3.8, 4) is 17.0 Å². The number of ketones is 1. The van der Waals surface area contributed by atoms with E-state index in [0.717, 1.165) is 11.1 Å². The van der Waals surface area contributed by atoms with Crippen LogP contribution >= 0.6 is 0 Å². The van der Waals surface area contributed by atoms with Gasteiger partial charge in [0.25, 0.3) is 0 Å². The van der Waals surface area contributed by atoms with E-state index in [1.54, 1.807) is 13.2 Å². The van der Waals surface area contributed by atoms with Gasteiger partial charge < -0.3 is 9.47 Å². The molecule has 0 unspecified atom stereocenters. The monoisotopic (exact) mass is 429 g/mol. The molecule has 6 heteroatoms. The highest BCUT2D eigenvalue weighted by Gasteiger charge is 2.17. The molecule has 4 rings (SSSR count). The summed E-state index contributed by atoms with van der Waals surface area (Å²) >= 11 is 0. The Morgan fingerprint density at radius 2 is 1.66 bits per heavy atom. The van der Waals surface area contributed by atoms with Gasteiger partial charge in [0.15, 0.2) is 12.4 Å². The fourth-order valence-corrected chi connectivity index (χ4v) is 3.35. The summed E-state index contributed by atoms with van der Waals surface area (Å²) in [4.78, 5) is 30.0. The lowest BCUT2D eigenvalue weighted by atomic mass is 10.0. The number of rotatable bonds is 6. The van der Waals surface area contributed by atoms with Crippen LogP contribution < -0.4 is 4.74 Å². The Bertz CT molecular complexity index is 1300. The topological polar surface area (TPSA) is 65.5 Å². The van der Waals surface area contributed by atoms with Crippen LogP contribution in [0.1, 0.15) is 26.3 Å². The Morgan fingerprint density at radius 3 is 2.34 bits per heavy atom. The van der Waals surface area contributed by atoms with E-state index in [-0.39, 0.29) is 5.56 Å². The van der Waals surface area contributed by atoms with Crippen LogP contribution in [0.4, 0.5) is 4.39 Å². The first kappa shape index (κ1) is 21.2. The van der Waals surface area contributed by atoms with E-state index in [1.807, 2.05) is 49.4 Å². The molecule has 4 aromatic rings. The molecule has 0 aliphatic heterocycles. The minimum absolute atomic E-state index is 0.272. The third-order valence-electron chi connectivity index (χ3n) is 5.07. The number of methoxy groups -OCH3 is 1. The number of pyridine rings is 1. The molecule has 0 aliphatic carbocycles. The van der Waals surface area contributed by atoms with Gasteiger partial charge in [-0.15, -0.1) is 0 Å². The van der Waals surface area contributed by atoms with Crippen LogP contribution in [0.5, 0.6) is 5.75 Å². The minimum atomic E-state index is -0.631. The summed E-state index contributed by atoms with van der Waals surface area (Å²) in [5, 5.41) is 0.640. The number of aryl methyl sites for hydroxylation is 1. The number of ether oxygens (including phenoxy) is 2. The Hall–Kier alpha value is -4.06. The number of fused-ring (bicyclic) bond motifs is 1. The molecule has 0 spiro atoms. The van der Waals surface area contributed by atoms with Gasteiger partial charge in [0.05, 0.1) is 23.9 Å². The first-order valence-corrected chi connectivity index (χ1v) is 9.96. The molecule has 0 saturated carbocycles. The van der Waals surface area contributed by atoms with E-state index >= 15 is 0 Å². The van der Waals surface area contributed by atoms with Crippen LogP contribution in [0.3, 0.4) is 0 Å². The molecule has 3 aromatic carbocycles. The zero-order valence-electron chi connectivity index (χ0n) is 17.6. The molecule has 0 N–H and O–H groups in total. The number of carbonyl (C=O) groups excluding carboxylic acids is 2. The molecular weight excluding hydrogens is 409 g/mol. The number of esters is 1. The number of hydrogen-bond acceptors (Lipinski definition) is 5. The van der Waals surface area contributed by atoms with Gasteiger partial charge in [-0.1, -0.05) is 11.6 Å². The maximum atomic E-state index is 13.1. The van der Waals surface area contributed by atoms with Crippen molar-refractivity contribution in [2.75, 3.05) is 13.7 Å². The number of hydrogen-bond donors (Lipinski definition) is 0. The van der Waals surface area contributed by atoms with Crippen molar-refractivity contribution >= 4 is 22.7 Å². The zero-order chi connectivity index (χ0) is 22.7. The molecule has 1 aromatic heterocycles. The average molecular weight is 429 g/mol. The molecule has 0 radical (unpaired) electrons. The summed E-state index contributed by atoms with van der Waals surface area (Å²) in [6, 6.07) is 19.7. The van der Waals surface area contributed by atoms with Crippen molar-refractivity contribution in [3.63, 3.8) is 0 Å². The first-order valence-electron chi connectivity index (χ1n) is 9.96. The highest BCUT2D eigenvalue weighted by molar-refractivity contribution is 6.06. The number of nitrogens with zero attached hydrogens (tertiary/aromatic N) is 1. The van der Waals surface area contributed by atoms with Crippen LogP contribution in [0, 0.1) is 12.7 Å². The lowest BCUT2D eigenvalue weighted by molar-refractivity contribution is 0.0476. The third kappa shape index (κ3) is 4.49. The van der Waals surface area contributed by atoms with Gasteiger partial charge in [-0.05, 0) is 73.7 Å². The highest BCUT2D eigenvalue weighted by atomic mass is 19.1. The third-order valence-corrected chi connectivity index (χ3v) is 5.07. The van der Waals surface area contributed by atoms with Gasteiger partial charge >= 0.3 is 5.97 Å². The minimum Gasteiger partial charge on any atom is -0.497 e. The highest BCUT2D eigenvalue weighted by Crippen LogP contribution is 2.27. The largest absolute Gasteiger partial charge is 0.497 e. The van der Waals surface area contributed by atoms with Crippen molar-refractivity contribution in [1.82, 2.24) is 4.98 Å². The second-order valence-corrected chi connectivity index (χ2v) is 7.31. The van der Waals surface area contributed by atoms with Gasteiger partial charge in [0.2, 0.25) is 0 Å². The molecule has 160 valence electrons. The van der Waals surface area contributed by atoms with E-state index in [0.29, 0.717) is 27.9 Å². The summed E-state index contributed by atoms with van der Waals surface area (Å²) < 4.78 is 23.6. The molecule has 1 heterocycles. The van der Waals surface area contributed by atoms with E-state index in [2.05, 4.69) is 4.98 Å². The fourth-order valence-electron chi connectivity index (χ4n) is 3.35. The predicted octanol–water partition coefficient (Wildman–Crippen LogP) is 5.40. The number of carbonyl (C=O) groups is 2. The molecule has 0 bridgehead atoms. The van der Waals surface area contributed by atoms with Crippen molar-refractivity contribution in [2.24, 2.45) is 0 Å². The maximum absolute atomic E-state index is 13.1. The molecule has 0 aliphatic rings. The van der Waals surface area contributed by atoms with Crippen molar-refractivity contribution in [2.45, 2.75) is 6.92 Å². The fraction of sp³-hybridized carbons (Fsp3) is 0.115. The first-order chi connectivity index (χ1) is 15.4. The molecular formula is C26H20FNO4. The van der Waals surface area contributed by atoms with Gasteiger partial charge in [0, 0.05) is 16.5 Å². The van der Waals surface area contributed by atoms with E-state index in [9.17, 15) is 14.0 Å². The summed E-state index contributed by atoms with van der Waals surface area (Å²) in [6.45, 7) is 1.47. The smallest absolute Gasteiger partial charge is 0.339 e. The SMILES string of the molecule is COc1ccc(-c2cc(C(=O)OCC(=O)c3ccc(F)cc3)c3cc(C)ccc3n2)cc1. The number of halogens is 1. The zero-order valence-corrected chi connectivity index (χ0v) is 17.6. The lowest BCUT2D eigenvalue weighted by Gasteiger charge is -2.11. The lowest BCUT2D eigenvalue weighted by Crippen LogP contribution is -2.15. The van der Waals surface area contributed by atoms with Crippen molar-refractivity contribution in [3.05, 3.63) is 95.3 Å². The standard InChI is InChI=1S/C26H20FNO4/c1-16-3-12-23-21(13-16)22(14-24(28-23)17-6-10-20(31-2)11-7-17)26(30)32-15-25(29)18-4-8-19(27)9-5-18/h3-14H,15H2,1-2H3. The van der Waals surface area contributed by atoms with Gasteiger partial charge in [-0.3, -0.25) is 4.79 Å². The molecule has 0 amide bonds. The Labute approximate surface area is 184 Å². The summed E-state index contributed by atoms with van der Waals surface area (Å²) in [7, 11) is 1.59. The second-order valence-electron chi connectivity index (χ2n) is 7.31. The van der Waals surface area contributed by atoms with E-state index < -0.39 is 24.2 Å². The molecule has 0 fully saturated rings. The van der Waals surface area contributed by atoms with Crippen LogP contribution in [0.2, 0.25) is 0 Å². The Kier molecular flexibility index (Phi) is 5.94. The van der Waals surface area contributed by atoms with Crippen molar-refractivity contribution < 1.29 is 23.5 Å². The summed E-state index contributed by atoms with van der Waals surface area (Å²) in [6.07, 6.45) is 0. The van der Waals surface area contributed by atoms with E-state index in [1.165, 1.54) is 24.3 Å². The molecule has 0 atom stereocenters. The molecule has 5 nitrogen and oxygen atoms in total. The number of aromatic nitrogens is 1. The van der Waals surface area contributed by atoms with Crippen LogP contribution in [-0.2, 0) is 4.74 Å². The quantitative estimate of drug-likeness (QED) is 0.303. The van der Waals surface area contributed by atoms with Gasteiger partial charge in [-0.2, -0.15) is 0 Å². The van der Waals surface area contributed by atoms with Crippen LogP contribution in [-0.4, -0.2) is 30.5 Å². The molecule has 32 heavy (non-hydrogen) atoms. The Balaban J connectivity index is 1.66. The summed E-state index contributed by atoms with van der Waals surface area (Å²) in [5.74, 6) is -0.774. The maximum Gasteiger partial charge on any atom is 0.339 e. The average Bonchev–Trinajstić information content (AvgIpc) is 2.82. The van der Waals surface area contributed by atoms with E-state index in [4.69, 9.17) is 9.47 Å². The van der Waals surface area contributed by atoms with Crippen LogP contribution in [0.15, 0.2) is 72.8 Å². The summed E-state index contributed by atoms with van der Waals surface area (Å²) in [5.41, 5.74) is 3.60. The van der Waals surface area contributed by atoms with Crippen LogP contribution in [0.25, 0.3) is 22.2 Å². The predicted molar refractivity (Wildman–Crippen MR) is 119 cm³/mol. The second kappa shape index (κ2) is 8.98. The normalized spacial score (nSPS) is 10.7. The van der Waals surface area contributed by atoms with Gasteiger partial charge in [0.1, 0.15) is 11.6 Å². The molecule has 0 saturated heterocycles. The van der Waals surface area contributed by atoms with Gasteiger partial charge in [-0.25, -0.2) is 14.2 Å². The Morgan fingerprint density at radius 1 is 0.938 bits per heavy atom. The number of benzene rings is 3.